The van der Waals surface area contributed by atoms with Crippen molar-refractivity contribution >= 4 is 5.91 Å². The Kier molecular flexibility index (Phi) is 2.93. The summed E-state index contributed by atoms with van der Waals surface area (Å²) >= 11 is 0. The van der Waals surface area contributed by atoms with Crippen molar-refractivity contribution < 1.29 is 14.6 Å². The molecule has 0 spiro atoms. The van der Waals surface area contributed by atoms with Crippen LogP contribution in [-0.4, -0.2) is 36.4 Å². The van der Waals surface area contributed by atoms with E-state index in [2.05, 4.69) is 5.32 Å². The van der Waals surface area contributed by atoms with E-state index in [-0.39, 0.29) is 11.9 Å². The predicted octanol–water partition coefficient (Wildman–Crippen LogP) is -0.0916. The van der Waals surface area contributed by atoms with Gasteiger partial charge >= 0.3 is 0 Å². The second-order valence-electron chi connectivity index (χ2n) is 4.43. The molecule has 13 heavy (non-hydrogen) atoms. The molecular weight excluding hydrogens is 170 g/mol. The first kappa shape index (κ1) is 10.5. The second kappa shape index (κ2) is 3.64. The normalized spacial score (nSPS) is 28.9. The van der Waals surface area contributed by atoms with Crippen LogP contribution in [0.4, 0.5) is 0 Å². The zero-order valence-corrected chi connectivity index (χ0v) is 8.33. The molecule has 4 heteroatoms. The first-order chi connectivity index (χ1) is 5.91. The number of hydrogen-bond donors (Lipinski definition) is 2. The summed E-state index contributed by atoms with van der Waals surface area (Å²) in [7, 11) is 0. The van der Waals surface area contributed by atoms with Crippen molar-refractivity contribution in [3.05, 3.63) is 0 Å². The zero-order valence-electron chi connectivity index (χ0n) is 8.33. The average Bonchev–Trinajstić information content (AvgIpc) is 2.34. The van der Waals surface area contributed by atoms with Gasteiger partial charge in [0.05, 0.1) is 25.4 Å². The lowest BCUT2D eigenvalue weighted by Gasteiger charge is -2.22. The molecular formula is C9H17NO3. The molecule has 1 aliphatic rings. The predicted molar refractivity (Wildman–Crippen MR) is 48.2 cm³/mol. The van der Waals surface area contributed by atoms with E-state index in [1.807, 2.05) is 20.8 Å². The minimum atomic E-state index is -0.564. The standard InChI is InChI=1S/C9H17NO3/c1-9(2,3)8(12)10-6-4-13-5-7(6)11/h6-7,11H,4-5H2,1-3H3,(H,10,12). The first-order valence-corrected chi connectivity index (χ1v) is 4.48. The highest BCUT2D eigenvalue weighted by Gasteiger charge is 2.31. The van der Waals surface area contributed by atoms with Crippen LogP contribution in [0, 0.1) is 5.41 Å². The highest BCUT2D eigenvalue weighted by atomic mass is 16.5. The molecule has 0 radical (unpaired) electrons. The molecule has 2 atom stereocenters. The molecule has 1 fully saturated rings. The summed E-state index contributed by atoms with van der Waals surface area (Å²) in [4.78, 5) is 11.5. The van der Waals surface area contributed by atoms with Crippen molar-refractivity contribution in [1.29, 1.82) is 0 Å². The van der Waals surface area contributed by atoms with E-state index in [9.17, 15) is 9.90 Å². The number of ether oxygens (including phenoxy) is 1. The van der Waals surface area contributed by atoms with E-state index in [1.165, 1.54) is 0 Å². The average molecular weight is 187 g/mol. The van der Waals surface area contributed by atoms with Gasteiger partial charge in [-0.3, -0.25) is 4.79 Å². The van der Waals surface area contributed by atoms with Crippen LogP contribution in [-0.2, 0) is 9.53 Å². The summed E-state index contributed by atoms with van der Waals surface area (Å²) in [5.41, 5.74) is -0.414. The van der Waals surface area contributed by atoms with Gasteiger partial charge in [0.1, 0.15) is 0 Å². The van der Waals surface area contributed by atoms with Crippen LogP contribution in [0.2, 0.25) is 0 Å². The molecule has 0 aliphatic carbocycles. The third-order valence-electron chi connectivity index (χ3n) is 2.05. The maximum Gasteiger partial charge on any atom is 0.225 e. The number of hydrogen-bond acceptors (Lipinski definition) is 3. The summed E-state index contributed by atoms with van der Waals surface area (Å²) < 4.78 is 5.02. The minimum Gasteiger partial charge on any atom is -0.388 e. The summed E-state index contributed by atoms with van der Waals surface area (Å²) in [6, 6.07) is -0.244. The largest absolute Gasteiger partial charge is 0.388 e. The maximum atomic E-state index is 11.5. The Bertz CT molecular complexity index is 198. The van der Waals surface area contributed by atoms with Gasteiger partial charge in [0.15, 0.2) is 0 Å². The van der Waals surface area contributed by atoms with Gasteiger partial charge in [0, 0.05) is 5.41 Å². The topological polar surface area (TPSA) is 58.6 Å². The Balaban J connectivity index is 2.45. The number of amides is 1. The molecule has 2 N–H and O–H groups in total. The molecule has 1 saturated heterocycles. The van der Waals surface area contributed by atoms with Crippen molar-refractivity contribution in [3.63, 3.8) is 0 Å². The molecule has 0 saturated carbocycles. The van der Waals surface area contributed by atoms with Crippen LogP contribution >= 0.6 is 0 Å². The van der Waals surface area contributed by atoms with Gasteiger partial charge in [-0.2, -0.15) is 0 Å². The third-order valence-corrected chi connectivity index (χ3v) is 2.05. The molecule has 0 aromatic heterocycles. The van der Waals surface area contributed by atoms with Crippen molar-refractivity contribution in [3.8, 4) is 0 Å². The molecule has 1 heterocycles. The fraction of sp³-hybridized carbons (Fsp3) is 0.889. The first-order valence-electron chi connectivity index (χ1n) is 4.48. The number of nitrogens with one attached hydrogen (secondary N) is 1. The molecule has 76 valence electrons. The molecule has 1 aliphatic heterocycles. The van der Waals surface area contributed by atoms with E-state index < -0.39 is 11.5 Å². The van der Waals surface area contributed by atoms with Gasteiger partial charge in [0.25, 0.3) is 0 Å². The molecule has 0 aromatic rings. The molecule has 1 amide bonds. The Morgan fingerprint density at radius 2 is 2.08 bits per heavy atom. The Morgan fingerprint density at radius 3 is 2.46 bits per heavy atom. The minimum absolute atomic E-state index is 0.0537. The fourth-order valence-corrected chi connectivity index (χ4v) is 1.07. The van der Waals surface area contributed by atoms with Crippen molar-refractivity contribution in [2.45, 2.75) is 32.9 Å². The van der Waals surface area contributed by atoms with Gasteiger partial charge in [-0.1, -0.05) is 20.8 Å². The van der Waals surface area contributed by atoms with Crippen molar-refractivity contribution in [1.82, 2.24) is 5.32 Å². The number of rotatable bonds is 1. The summed E-state index contributed by atoms with van der Waals surface area (Å²) in [6.45, 7) is 6.23. The lowest BCUT2D eigenvalue weighted by molar-refractivity contribution is -0.129. The molecule has 0 aromatic carbocycles. The Hall–Kier alpha value is -0.610. The lowest BCUT2D eigenvalue weighted by Crippen LogP contribution is -2.46. The number of carbonyl (C=O) groups excluding carboxylic acids is 1. The summed E-state index contributed by atoms with van der Waals surface area (Å²) in [5.74, 6) is -0.0537. The SMILES string of the molecule is CC(C)(C)C(=O)NC1COCC1O. The zero-order chi connectivity index (χ0) is 10.1. The number of aliphatic hydroxyl groups is 1. The monoisotopic (exact) mass is 187 g/mol. The van der Waals surface area contributed by atoms with Gasteiger partial charge < -0.3 is 15.2 Å². The van der Waals surface area contributed by atoms with Crippen molar-refractivity contribution in [2.75, 3.05) is 13.2 Å². The Morgan fingerprint density at radius 1 is 1.46 bits per heavy atom. The van der Waals surface area contributed by atoms with Gasteiger partial charge in [-0.05, 0) is 0 Å². The van der Waals surface area contributed by atoms with E-state index >= 15 is 0 Å². The quantitative estimate of drug-likeness (QED) is 0.603. The number of carbonyl (C=O) groups is 1. The maximum absolute atomic E-state index is 11.5. The van der Waals surface area contributed by atoms with Crippen LogP contribution in [0.1, 0.15) is 20.8 Å². The Labute approximate surface area is 78.3 Å². The van der Waals surface area contributed by atoms with E-state index in [4.69, 9.17) is 4.74 Å². The second-order valence-corrected chi connectivity index (χ2v) is 4.43. The summed E-state index contributed by atoms with van der Waals surface area (Å²) in [5, 5.41) is 12.1. The van der Waals surface area contributed by atoms with E-state index in [1.54, 1.807) is 0 Å². The van der Waals surface area contributed by atoms with Gasteiger partial charge in [-0.15, -0.1) is 0 Å². The smallest absolute Gasteiger partial charge is 0.225 e. The highest BCUT2D eigenvalue weighted by Crippen LogP contribution is 2.14. The number of aliphatic hydroxyl groups excluding tert-OH is 1. The van der Waals surface area contributed by atoms with Crippen LogP contribution in [0.25, 0.3) is 0 Å². The summed E-state index contributed by atoms with van der Waals surface area (Å²) in [6.07, 6.45) is -0.564. The molecule has 2 unspecified atom stereocenters. The van der Waals surface area contributed by atoms with Crippen LogP contribution in [0.15, 0.2) is 0 Å². The fourth-order valence-electron chi connectivity index (χ4n) is 1.07. The van der Waals surface area contributed by atoms with Crippen LogP contribution < -0.4 is 5.32 Å². The van der Waals surface area contributed by atoms with Crippen LogP contribution in [0.5, 0.6) is 0 Å². The van der Waals surface area contributed by atoms with E-state index in [0.29, 0.717) is 13.2 Å². The molecule has 4 nitrogen and oxygen atoms in total. The van der Waals surface area contributed by atoms with Gasteiger partial charge in [-0.25, -0.2) is 0 Å². The lowest BCUT2D eigenvalue weighted by atomic mass is 9.95. The third kappa shape index (κ3) is 2.67. The molecule has 1 rings (SSSR count). The van der Waals surface area contributed by atoms with Crippen LogP contribution in [0.3, 0.4) is 0 Å². The van der Waals surface area contributed by atoms with Crippen molar-refractivity contribution in [2.24, 2.45) is 5.41 Å². The van der Waals surface area contributed by atoms with E-state index in [0.717, 1.165) is 0 Å². The highest BCUT2D eigenvalue weighted by molar-refractivity contribution is 5.81. The molecule has 0 bridgehead atoms. The van der Waals surface area contributed by atoms with Gasteiger partial charge in [0.2, 0.25) is 5.91 Å².